The lowest BCUT2D eigenvalue weighted by molar-refractivity contribution is 0.315. The lowest BCUT2D eigenvalue weighted by atomic mass is 9.86. The number of benzene rings is 1. The Morgan fingerprint density at radius 3 is 2.14 bits per heavy atom. The Bertz CT molecular complexity index is 377. The highest BCUT2D eigenvalue weighted by molar-refractivity contribution is 5.29. The van der Waals surface area contributed by atoms with E-state index in [1.165, 1.54) is 55.2 Å². The van der Waals surface area contributed by atoms with Crippen LogP contribution in [0, 0.1) is 19.8 Å². The van der Waals surface area contributed by atoms with Crippen molar-refractivity contribution in [3.05, 3.63) is 34.9 Å². The molecule has 1 N–H and O–H groups in total. The molecule has 1 nitrogen and oxygen atoms in total. The van der Waals surface area contributed by atoms with Gasteiger partial charge in [-0.1, -0.05) is 69.4 Å². The van der Waals surface area contributed by atoms with Crippen LogP contribution < -0.4 is 5.32 Å². The zero-order valence-electron chi connectivity index (χ0n) is 14.8. The maximum absolute atomic E-state index is 3.82. The second kappa shape index (κ2) is 10.00. The van der Waals surface area contributed by atoms with Gasteiger partial charge in [-0.3, -0.25) is 0 Å². The molecule has 0 spiro atoms. The minimum absolute atomic E-state index is 0.627. The van der Waals surface area contributed by atoms with Crippen LogP contribution in [-0.2, 0) is 6.42 Å². The van der Waals surface area contributed by atoms with Crippen LogP contribution in [0.3, 0.4) is 0 Å². The van der Waals surface area contributed by atoms with Crippen molar-refractivity contribution in [3.8, 4) is 0 Å². The first-order chi connectivity index (χ1) is 10.1. The highest BCUT2D eigenvalue weighted by Crippen LogP contribution is 2.21. The predicted molar refractivity (Wildman–Crippen MR) is 95.0 cm³/mol. The number of unbranched alkanes of at least 4 members (excludes halogenated alkanes) is 1. The van der Waals surface area contributed by atoms with Gasteiger partial charge in [0.1, 0.15) is 0 Å². The molecular weight excluding hydrogens is 254 g/mol. The summed E-state index contributed by atoms with van der Waals surface area (Å²) < 4.78 is 0. The second-order valence-electron chi connectivity index (χ2n) is 6.57. The molecule has 21 heavy (non-hydrogen) atoms. The number of hydrogen-bond acceptors (Lipinski definition) is 1. The van der Waals surface area contributed by atoms with Crippen molar-refractivity contribution in [1.29, 1.82) is 0 Å². The van der Waals surface area contributed by atoms with Crippen molar-refractivity contribution in [1.82, 2.24) is 5.32 Å². The van der Waals surface area contributed by atoms with Crippen LogP contribution in [0.2, 0.25) is 0 Å². The molecule has 120 valence electrons. The molecule has 0 aliphatic heterocycles. The Hall–Kier alpha value is -0.820. The molecule has 0 fully saturated rings. The Morgan fingerprint density at radius 2 is 1.62 bits per heavy atom. The van der Waals surface area contributed by atoms with Gasteiger partial charge in [-0.25, -0.2) is 0 Å². The van der Waals surface area contributed by atoms with Gasteiger partial charge in [-0.2, -0.15) is 0 Å². The minimum Gasteiger partial charge on any atom is -0.313 e. The SMILES string of the molecule is CCCCC(CC)C(Cc1cc(C)cc(C)c1)NCCC. The van der Waals surface area contributed by atoms with Crippen LogP contribution in [0.4, 0.5) is 0 Å². The fourth-order valence-electron chi connectivity index (χ4n) is 3.33. The summed E-state index contributed by atoms with van der Waals surface area (Å²) in [4.78, 5) is 0. The third-order valence-corrected chi connectivity index (χ3v) is 4.42. The quantitative estimate of drug-likeness (QED) is 0.605. The van der Waals surface area contributed by atoms with Crippen LogP contribution in [0.5, 0.6) is 0 Å². The van der Waals surface area contributed by atoms with Gasteiger partial charge in [0.05, 0.1) is 0 Å². The molecule has 0 aromatic heterocycles. The van der Waals surface area contributed by atoms with Gasteiger partial charge in [0.15, 0.2) is 0 Å². The average Bonchev–Trinajstić information content (AvgIpc) is 2.44. The number of hydrogen-bond donors (Lipinski definition) is 1. The largest absolute Gasteiger partial charge is 0.313 e. The average molecular weight is 290 g/mol. The smallest absolute Gasteiger partial charge is 0.0136 e. The van der Waals surface area contributed by atoms with E-state index in [4.69, 9.17) is 0 Å². The maximum Gasteiger partial charge on any atom is 0.0136 e. The van der Waals surface area contributed by atoms with Gasteiger partial charge < -0.3 is 5.32 Å². The van der Waals surface area contributed by atoms with E-state index in [2.05, 4.69) is 58.1 Å². The van der Waals surface area contributed by atoms with Crippen molar-refractivity contribution in [2.45, 2.75) is 79.2 Å². The summed E-state index contributed by atoms with van der Waals surface area (Å²) in [6.45, 7) is 12.5. The third-order valence-electron chi connectivity index (χ3n) is 4.42. The molecule has 0 aliphatic rings. The zero-order valence-corrected chi connectivity index (χ0v) is 14.8. The van der Waals surface area contributed by atoms with Crippen molar-refractivity contribution >= 4 is 0 Å². The molecule has 0 radical (unpaired) electrons. The van der Waals surface area contributed by atoms with Gasteiger partial charge in [0.2, 0.25) is 0 Å². The molecule has 1 aromatic rings. The standard InChI is InChI=1S/C20H35N/c1-6-9-10-19(8-3)20(21-11-7-2)15-18-13-16(4)12-17(5)14-18/h12-14,19-21H,6-11,15H2,1-5H3. The van der Waals surface area contributed by atoms with E-state index in [-0.39, 0.29) is 0 Å². The summed E-state index contributed by atoms with van der Waals surface area (Å²) in [5.41, 5.74) is 4.28. The topological polar surface area (TPSA) is 12.0 Å². The van der Waals surface area contributed by atoms with Gasteiger partial charge in [-0.15, -0.1) is 0 Å². The first-order valence-corrected chi connectivity index (χ1v) is 8.91. The second-order valence-corrected chi connectivity index (χ2v) is 6.57. The van der Waals surface area contributed by atoms with Crippen molar-refractivity contribution < 1.29 is 0 Å². The van der Waals surface area contributed by atoms with Gasteiger partial charge >= 0.3 is 0 Å². The molecule has 2 unspecified atom stereocenters. The van der Waals surface area contributed by atoms with Gasteiger partial charge in [0, 0.05) is 6.04 Å². The first-order valence-electron chi connectivity index (χ1n) is 8.91. The summed E-state index contributed by atoms with van der Waals surface area (Å²) >= 11 is 0. The third kappa shape index (κ3) is 6.65. The summed E-state index contributed by atoms with van der Waals surface area (Å²) in [6, 6.07) is 7.62. The predicted octanol–water partition coefficient (Wildman–Crippen LogP) is 5.43. The van der Waals surface area contributed by atoms with Crippen LogP contribution >= 0.6 is 0 Å². The number of aryl methyl sites for hydroxylation is 2. The summed E-state index contributed by atoms with van der Waals surface area (Å²) in [6.07, 6.45) is 7.69. The van der Waals surface area contributed by atoms with Crippen molar-refractivity contribution in [2.24, 2.45) is 5.92 Å². The summed E-state index contributed by atoms with van der Waals surface area (Å²) in [7, 11) is 0. The highest BCUT2D eigenvalue weighted by atomic mass is 14.9. The van der Waals surface area contributed by atoms with Crippen molar-refractivity contribution in [2.75, 3.05) is 6.54 Å². The molecule has 0 saturated carbocycles. The van der Waals surface area contributed by atoms with Crippen LogP contribution in [-0.4, -0.2) is 12.6 Å². The Balaban J connectivity index is 2.79. The molecule has 0 heterocycles. The summed E-state index contributed by atoms with van der Waals surface area (Å²) in [5.74, 6) is 0.803. The maximum atomic E-state index is 3.82. The van der Waals surface area contributed by atoms with E-state index < -0.39 is 0 Å². The zero-order chi connectivity index (χ0) is 15.7. The van der Waals surface area contributed by atoms with E-state index >= 15 is 0 Å². The monoisotopic (exact) mass is 289 g/mol. The van der Waals surface area contributed by atoms with Gasteiger partial charge in [0.25, 0.3) is 0 Å². The Kier molecular flexibility index (Phi) is 8.68. The Labute approximate surface area is 132 Å². The minimum atomic E-state index is 0.627. The van der Waals surface area contributed by atoms with Crippen molar-refractivity contribution in [3.63, 3.8) is 0 Å². The molecule has 2 atom stereocenters. The van der Waals surface area contributed by atoms with Gasteiger partial charge in [-0.05, 0) is 51.1 Å². The lowest BCUT2D eigenvalue weighted by Crippen LogP contribution is -2.38. The number of rotatable bonds is 10. The normalized spacial score (nSPS) is 14.1. The van der Waals surface area contributed by atoms with E-state index in [0.717, 1.165) is 12.5 Å². The first kappa shape index (κ1) is 18.2. The highest BCUT2D eigenvalue weighted by Gasteiger charge is 2.19. The Morgan fingerprint density at radius 1 is 0.952 bits per heavy atom. The molecule has 1 heteroatoms. The molecule has 0 bridgehead atoms. The molecule has 1 aromatic carbocycles. The number of nitrogens with one attached hydrogen (secondary N) is 1. The molecule has 1 rings (SSSR count). The van der Waals surface area contributed by atoms with E-state index in [1.807, 2.05) is 0 Å². The fourth-order valence-corrected chi connectivity index (χ4v) is 3.33. The van der Waals surface area contributed by atoms with Crippen LogP contribution in [0.1, 0.15) is 69.6 Å². The van der Waals surface area contributed by atoms with E-state index in [9.17, 15) is 0 Å². The fraction of sp³-hybridized carbons (Fsp3) is 0.700. The molecule has 0 saturated heterocycles. The lowest BCUT2D eigenvalue weighted by Gasteiger charge is -2.28. The molecule has 0 amide bonds. The molecule has 0 aliphatic carbocycles. The van der Waals surface area contributed by atoms with Crippen LogP contribution in [0.15, 0.2) is 18.2 Å². The van der Waals surface area contributed by atoms with E-state index in [0.29, 0.717) is 6.04 Å². The molecular formula is C20H35N. The van der Waals surface area contributed by atoms with E-state index in [1.54, 1.807) is 0 Å². The summed E-state index contributed by atoms with van der Waals surface area (Å²) in [5, 5.41) is 3.82. The van der Waals surface area contributed by atoms with Crippen LogP contribution in [0.25, 0.3) is 0 Å².